The highest BCUT2D eigenvalue weighted by Crippen LogP contribution is 2.27. The van der Waals surface area contributed by atoms with Crippen molar-refractivity contribution in [1.29, 1.82) is 0 Å². The van der Waals surface area contributed by atoms with E-state index in [1.54, 1.807) is 0 Å². The van der Waals surface area contributed by atoms with Crippen LogP contribution in [0.15, 0.2) is 0 Å². The van der Waals surface area contributed by atoms with E-state index in [1.165, 1.54) is 44.9 Å². The average Bonchev–Trinajstić information content (AvgIpc) is 2.53. The number of hydrogen-bond donors (Lipinski definition) is 0. The minimum Gasteiger partial charge on any atom is -0.344 e. The normalized spacial score (nSPS) is 13.6. The van der Waals surface area contributed by atoms with Crippen LogP contribution in [-0.4, -0.2) is 25.4 Å². The van der Waals surface area contributed by atoms with E-state index in [9.17, 15) is 13.2 Å². The topological polar surface area (TPSA) is 9.23 Å². The minimum absolute atomic E-state index is 0.0787. The molecule has 0 spiro atoms. The molecule has 0 N–H and O–H groups in total. The summed E-state index contributed by atoms with van der Waals surface area (Å²) in [5.74, 6) is 0. The summed E-state index contributed by atoms with van der Waals surface area (Å²) in [5, 5.41) is 0. The maximum atomic E-state index is 12.5. The summed E-state index contributed by atoms with van der Waals surface area (Å²) in [4.78, 5) is 0. The SMILES string of the molecule is FC(F)C(F)OCCCCCCCCCCCCCCC[Si](Cl)(Cl)Cl. The summed E-state index contributed by atoms with van der Waals surface area (Å²) < 4.78 is 40.5. The van der Waals surface area contributed by atoms with Crippen LogP contribution < -0.4 is 0 Å². The van der Waals surface area contributed by atoms with Crippen molar-refractivity contribution in [2.24, 2.45) is 0 Å². The monoisotopic (exact) mass is 442 g/mol. The van der Waals surface area contributed by atoms with Gasteiger partial charge in [0, 0.05) is 0 Å². The van der Waals surface area contributed by atoms with E-state index in [4.69, 9.17) is 33.2 Å². The van der Waals surface area contributed by atoms with Gasteiger partial charge in [-0.05, 0) is 12.5 Å². The second-order valence-electron chi connectivity index (χ2n) is 6.52. The smallest absolute Gasteiger partial charge is 0.341 e. The Labute approximate surface area is 166 Å². The van der Waals surface area contributed by atoms with Crippen LogP contribution in [0, 0.1) is 0 Å². The third kappa shape index (κ3) is 21.0. The Morgan fingerprint density at radius 2 is 0.960 bits per heavy atom. The lowest BCUT2D eigenvalue weighted by molar-refractivity contribution is -0.128. The van der Waals surface area contributed by atoms with Crippen LogP contribution in [0.4, 0.5) is 13.2 Å². The molecule has 0 amide bonds. The van der Waals surface area contributed by atoms with Gasteiger partial charge < -0.3 is 4.74 Å². The molecule has 1 unspecified atom stereocenters. The van der Waals surface area contributed by atoms with Gasteiger partial charge in [-0.25, -0.2) is 13.2 Å². The van der Waals surface area contributed by atoms with Crippen molar-refractivity contribution >= 4 is 39.2 Å². The highest BCUT2D eigenvalue weighted by atomic mass is 35.8. The first-order valence-electron chi connectivity index (χ1n) is 9.43. The molecule has 0 bridgehead atoms. The van der Waals surface area contributed by atoms with Gasteiger partial charge in [0.2, 0.25) is 0 Å². The molecule has 0 aromatic rings. The van der Waals surface area contributed by atoms with E-state index >= 15 is 0 Å². The number of halogens is 6. The van der Waals surface area contributed by atoms with Gasteiger partial charge >= 0.3 is 6.00 Å². The molecule has 0 fully saturated rings. The van der Waals surface area contributed by atoms with E-state index in [1.807, 2.05) is 0 Å². The molecular formula is C17H32Cl3F3OSi. The fraction of sp³-hybridized carbons (Fsp3) is 1.00. The van der Waals surface area contributed by atoms with Crippen molar-refractivity contribution in [2.75, 3.05) is 6.61 Å². The number of ether oxygens (including phenoxy) is 1. The Kier molecular flexibility index (Phi) is 17.5. The molecule has 0 aromatic carbocycles. The summed E-state index contributed by atoms with van der Waals surface area (Å²) in [6.45, 7) is 0.0787. The second kappa shape index (κ2) is 17.0. The quantitative estimate of drug-likeness (QED) is 0.118. The van der Waals surface area contributed by atoms with Gasteiger partial charge in [0.25, 0.3) is 12.8 Å². The molecule has 0 aromatic heterocycles. The number of unbranched alkanes of at least 4 members (excludes halogenated alkanes) is 12. The second-order valence-corrected chi connectivity index (χ2v) is 15.8. The van der Waals surface area contributed by atoms with E-state index in [-0.39, 0.29) is 6.61 Å². The number of alkyl halides is 3. The van der Waals surface area contributed by atoms with Gasteiger partial charge in [-0.1, -0.05) is 77.0 Å². The zero-order chi connectivity index (χ0) is 19.0. The van der Waals surface area contributed by atoms with Crippen LogP contribution in [0.2, 0.25) is 6.04 Å². The Morgan fingerprint density at radius 1 is 0.600 bits per heavy atom. The van der Waals surface area contributed by atoms with Gasteiger partial charge in [-0.2, -0.15) is 0 Å². The standard InChI is InChI=1S/C17H32Cl3F3OSi/c18-25(19,20)15-13-11-9-7-5-3-1-2-4-6-8-10-12-14-24-17(23)16(21)22/h16-17H,1-15H2. The van der Waals surface area contributed by atoms with Crippen LogP contribution in [-0.2, 0) is 4.74 Å². The van der Waals surface area contributed by atoms with Gasteiger partial charge in [-0.15, -0.1) is 33.2 Å². The number of hydrogen-bond acceptors (Lipinski definition) is 1. The zero-order valence-electron chi connectivity index (χ0n) is 14.9. The molecule has 0 heterocycles. The first-order valence-corrected chi connectivity index (χ1v) is 14.7. The molecule has 0 saturated carbocycles. The Hall–Kier alpha value is 0.837. The molecule has 0 aliphatic rings. The molecular weight excluding hydrogens is 412 g/mol. The Bertz CT molecular complexity index is 295. The Balaban J connectivity index is 3.10. The van der Waals surface area contributed by atoms with Crippen molar-refractivity contribution in [3.63, 3.8) is 0 Å². The average molecular weight is 444 g/mol. The maximum Gasteiger partial charge on any atom is 0.341 e. The minimum atomic E-state index is -3.04. The third-order valence-electron chi connectivity index (χ3n) is 4.08. The maximum absolute atomic E-state index is 12.5. The molecule has 152 valence electrons. The van der Waals surface area contributed by atoms with Crippen molar-refractivity contribution in [3.8, 4) is 0 Å². The van der Waals surface area contributed by atoms with Crippen molar-refractivity contribution in [3.05, 3.63) is 0 Å². The lowest BCUT2D eigenvalue weighted by Crippen LogP contribution is -2.16. The van der Waals surface area contributed by atoms with Gasteiger partial charge in [-0.3, -0.25) is 0 Å². The molecule has 1 nitrogen and oxygen atoms in total. The summed E-state index contributed by atoms with van der Waals surface area (Å²) in [6, 6.07) is -1.64. The predicted molar refractivity (Wildman–Crippen MR) is 105 cm³/mol. The Morgan fingerprint density at radius 3 is 1.32 bits per heavy atom. The van der Waals surface area contributed by atoms with Crippen LogP contribution >= 0.6 is 33.2 Å². The van der Waals surface area contributed by atoms with Crippen LogP contribution in [0.1, 0.15) is 83.5 Å². The molecule has 0 rings (SSSR count). The van der Waals surface area contributed by atoms with Gasteiger partial charge in [0.05, 0.1) is 6.61 Å². The van der Waals surface area contributed by atoms with Crippen molar-refractivity contribution in [2.45, 2.75) is 102 Å². The largest absolute Gasteiger partial charge is 0.344 e. The molecule has 8 heteroatoms. The molecule has 0 radical (unpaired) electrons. The van der Waals surface area contributed by atoms with E-state index < -0.39 is 18.8 Å². The highest BCUT2D eigenvalue weighted by molar-refractivity contribution is 7.64. The van der Waals surface area contributed by atoms with E-state index in [2.05, 4.69) is 4.74 Å². The van der Waals surface area contributed by atoms with Crippen molar-refractivity contribution < 1.29 is 17.9 Å². The van der Waals surface area contributed by atoms with Crippen LogP contribution in [0.3, 0.4) is 0 Å². The molecule has 0 saturated heterocycles. The third-order valence-corrected chi connectivity index (χ3v) is 6.70. The first kappa shape index (κ1) is 25.8. The number of rotatable bonds is 18. The highest BCUT2D eigenvalue weighted by Gasteiger charge is 2.23. The lowest BCUT2D eigenvalue weighted by atomic mass is 10.0. The fourth-order valence-electron chi connectivity index (χ4n) is 2.64. The summed E-state index contributed by atoms with van der Waals surface area (Å²) in [5.41, 5.74) is 0. The molecule has 0 aliphatic carbocycles. The lowest BCUT2D eigenvalue weighted by Gasteiger charge is -2.08. The fourth-order valence-corrected chi connectivity index (χ4v) is 4.49. The molecule has 1 atom stereocenters. The van der Waals surface area contributed by atoms with Crippen LogP contribution in [0.25, 0.3) is 0 Å². The molecule has 25 heavy (non-hydrogen) atoms. The van der Waals surface area contributed by atoms with Crippen LogP contribution in [0.5, 0.6) is 0 Å². The zero-order valence-corrected chi connectivity index (χ0v) is 18.2. The summed E-state index contributed by atoms with van der Waals surface area (Å²) >= 11 is 17.5. The van der Waals surface area contributed by atoms with Gasteiger partial charge in [0.15, 0.2) is 0 Å². The van der Waals surface area contributed by atoms with E-state index in [0.29, 0.717) is 6.42 Å². The predicted octanol–water partition coefficient (Wildman–Crippen LogP) is 8.29. The first-order chi connectivity index (χ1) is 11.8. The summed E-state index contributed by atoms with van der Waals surface area (Å²) in [7, 11) is 0. The van der Waals surface area contributed by atoms with Crippen molar-refractivity contribution in [1.82, 2.24) is 0 Å². The van der Waals surface area contributed by atoms with Gasteiger partial charge in [0.1, 0.15) is 0 Å². The molecule has 0 aliphatic heterocycles. The summed E-state index contributed by atoms with van der Waals surface area (Å²) in [6.07, 6.45) is 9.23. The van der Waals surface area contributed by atoms with E-state index in [0.717, 1.165) is 38.1 Å².